The number of hydrogen-bond donors (Lipinski definition) is 3. The molecule has 0 aromatic carbocycles. The van der Waals surface area contributed by atoms with Crippen LogP contribution in [-0.4, -0.2) is 63.5 Å². The van der Waals surface area contributed by atoms with Gasteiger partial charge in [-0.15, -0.1) is 11.8 Å². The number of carbonyl (C=O) groups excluding carboxylic acids is 1. The minimum atomic E-state index is 0.139. The average molecular weight is 486 g/mol. The SMILES string of the molecule is COc1cc(-c2ncn[nH]2)cc(Cl)n1.COc1cc(C(=N)SC)cc(Cl)n1.NCC=O. The van der Waals surface area contributed by atoms with E-state index in [1.807, 2.05) is 6.26 Å². The first-order valence-corrected chi connectivity index (χ1v) is 10.4. The van der Waals surface area contributed by atoms with Gasteiger partial charge >= 0.3 is 0 Å². The van der Waals surface area contributed by atoms with Crippen LogP contribution in [0, 0.1) is 5.41 Å². The first-order chi connectivity index (χ1) is 14.9. The second kappa shape index (κ2) is 14.3. The van der Waals surface area contributed by atoms with Crippen LogP contribution < -0.4 is 15.2 Å². The van der Waals surface area contributed by atoms with Gasteiger partial charge in [-0.25, -0.2) is 15.0 Å². The molecule has 0 saturated carbocycles. The Morgan fingerprint density at radius 3 is 2.23 bits per heavy atom. The zero-order valence-corrected chi connectivity index (χ0v) is 19.3. The van der Waals surface area contributed by atoms with E-state index in [2.05, 4.69) is 30.9 Å². The van der Waals surface area contributed by atoms with Crippen LogP contribution in [0.4, 0.5) is 0 Å². The largest absolute Gasteiger partial charge is 0.481 e. The molecule has 166 valence electrons. The number of rotatable bonds is 5. The topological polar surface area (TPSA) is 153 Å². The first kappa shape index (κ1) is 26.3. The van der Waals surface area contributed by atoms with E-state index in [0.717, 1.165) is 11.1 Å². The van der Waals surface area contributed by atoms with Gasteiger partial charge < -0.3 is 20.0 Å². The quantitative estimate of drug-likeness (QED) is 0.214. The van der Waals surface area contributed by atoms with Gasteiger partial charge in [-0.05, 0) is 18.4 Å². The van der Waals surface area contributed by atoms with Crippen LogP contribution in [0.1, 0.15) is 5.56 Å². The molecule has 31 heavy (non-hydrogen) atoms. The van der Waals surface area contributed by atoms with Gasteiger partial charge in [0.1, 0.15) is 22.9 Å². The molecule has 3 aromatic heterocycles. The summed E-state index contributed by atoms with van der Waals surface area (Å²) in [7, 11) is 3.05. The van der Waals surface area contributed by atoms with Gasteiger partial charge in [0.25, 0.3) is 0 Å². The van der Waals surface area contributed by atoms with Crippen LogP contribution in [0.15, 0.2) is 30.6 Å². The van der Waals surface area contributed by atoms with Gasteiger partial charge in [0.05, 0.1) is 19.3 Å². The number of methoxy groups -OCH3 is 2. The zero-order chi connectivity index (χ0) is 23.2. The van der Waals surface area contributed by atoms with Gasteiger partial charge in [0, 0.05) is 29.8 Å². The van der Waals surface area contributed by atoms with E-state index in [1.54, 1.807) is 24.3 Å². The molecule has 0 spiro atoms. The number of carbonyl (C=O) groups is 1. The van der Waals surface area contributed by atoms with E-state index in [-0.39, 0.29) is 6.54 Å². The summed E-state index contributed by atoms with van der Waals surface area (Å²) in [5.41, 5.74) is 6.18. The summed E-state index contributed by atoms with van der Waals surface area (Å²) in [4.78, 5) is 20.9. The number of aromatic nitrogens is 5. The summed E-state index contributed by atoms with van der Waals surface area (Å²) in [5, 5.41) is 15.2. The van der Waals surface area contributed by atoms with Gasteiger partial charge in [-0.2, -0.15) is 5.10 Å². The van der Waals surface area contributed by atoms with E-state index in [4.69, 9.17) is 42.9 Å². The maximum atomic E-state index is 9.05. The van der Waals surface area contributed by atoms with Crippen LogP contribution in [-0.2, 0) is 4.79 Å². The number of nitrogens with two attached hydrogens (primary N) is 1. The molecule has 0 amide bonds. The van der Waals surface area contributed by atoms with E-state index < -0.39 is 0 Å². The highest BCUT2D eigenvalue weighted by Gasteiger charge is 2.06. The Kier molecular flexibility index (Phi) is 12.1. The highest BCUT2D eigenvalue weighted by atomic mass is 35.5. The van der Waals surface area contributed by atoms with Crippen LogP contribution in [0.5, 0.6) is 11.8 Å². The van der Waals surface area contributed by atoms with Gasteiger partial charge in [0.2, 0.25) is 11.8 Å². The lowest BCUT2D eigenvalue weighted by Gasteiger charge is -2.03. The van der Waals surface area contributed by atoms with Crippen molar-refractivity contribution < 1.29 is 14.3 Å². The Labute approximate surface area is 193 Å². The number of pyridine rings is 2. The summed E-state index contributed by atoms with van der Waals surface area (Å²) in [6.45, 7) is 0.139. The summed E-state index contributed by atoms with van der Waals surface area (Å²) >= 11 is 12.9. The zero-order valence-electron chi connectivity index (χ0n) is 16.9. The molecule has 0 aliphatic rings. The number of nitrogens with one attached hydrogen (secondary N) is 2. The monoisotopic (exact) mass is 485 g/mol. The van der Waals surface area contributed by atoms with Crippen LogP contribution in [0.2, 0.25) is 10.3 Å². The third-order valence-electron chi connectivity index (χ3n) is 3.21. The fourth-order valence-electron chi connectivity index (χ4n) is 1.89. The molecular weight excluding hydrogens is 465 g/mol. The molecule has 0 bridgehead atoms. The van der Waals surface area contributed by atoms with Crippen molar-refractivity contribution in [3.63, 3.8) is 0 Å². The second-order valence-electron chi connectivity index (χ2n) is 5.21. The Bertz CT molecular complexity index is 975. The minimum Gasteiger partial charge on any atom is -0.481 e. The third-order valence-corrected chi connectivity index (χ3v) is 4.24. The number of halogens is 2. The molecule has 0 atom stereocenters. The smallest absolute Gasteiger partial charge is 0.215 e. The Balaban J connectivity index is 0.000000266. The first-order valence-electron chi connectivity index (χ1n) is 8.43. The lowest BCUT2D eigenvalue weighted by molar-refractivity contribution is -0.106. The number of ether oxygens (including phenoxy) is 2. The van der Waals surface area contributed by atoms with Crippen molar-refractivity contribution in [1.82, 2.24) is 25.1 Å². The lowest BCUT2D eigenvalue weighted by atomic mass is 10.2. The molecule has 0 radical (unpaired) electrons. The normalized spacial score (nSPS) is 9.48. The van der Waals surface area contributed by atoms with Crippen molar-refractivity contribution in [3.05, 3.63) is 46.5 Å². The van der Waals surface area contributed by atoms with E-state index in [0.29, 0.717) is 39.2 Å². The number of H-pyrrole nitrogens is 1. The van der Waals surface area contributed by atoms with Gasteiger partial charge in [-0.1, -0.05) is 23.2 Å². The molecule has 4 N–H and O–H groups in total. The van der Waals surface area contributed by atoms with Crippen molar-refractivity contribution in [3.8, 4) is 23.1 Å². The summed E-state index contributed by atoms with van der Waals surface area (Å²) in [6.07, 6.45) is 3.92. The van der Waals surface area contributed by atoms with Crippen LogP contribution in [0.25, 0.3) is 11.4 Å². The Hall–Kier alpha value is -2.73. The predicted molar refractivity (Wildman–Crippen MR) is 122 cm³/mol. The highest BCUT2D eigenvalue weighted by Crippen LogP contribution is 2.22. The number of aldehydes is 1. The molecule has 13 heteroatoms. The number of aromatic amines is 1. The molecule has 3 aromatic rings. The molecule has 0 saturated heterocycles. The fraction of sp³-hybridized carbons (Fsp3) is 0.222. The second-order valence-corrected chi connectivity index (χ2v) is 6.80. The Morgan fingerprint density at radius 2 is 1.74 bits per heavy atom. The summed E-state index contributed by atoms with van der Waals surface area (Å²) in [5.74, 6) is 1.51. The number of hydrogen-bond acceptors (Lipinski definition) is 10. The average Bonchev–Trinajstić information content (AvgIpc) is 3.33. The minimum absolute atomic E-state index is 0.139. The predicted octanol–water partition coefficient (Wildman–Crippen LogP) is 3.10. The highest BCUT2D eigenvalue weighted by molar-refractivity contribution is 8.13. The third kappa shape index (κ3) is 9.30. The standard InChI is InChI=1S/C8H7ClN4O.C8H9ClN2OS.C2H5NO/c1-14-7-3-5(2-6(9)12-7)8-10-4-11-13-8;1-12-7-4-5(8(10)13-2)3-6(9)11-7;3-1-2-4/h2-4H,1H3,(H,10,11,13);3-4,10H,1-2H3;2H,1,3H2. The van der Waals surface area contributed by atoms with Crippen molar-refractivity contribution in [2.45, 2.75) is 0 Å². The molecule has 3 heterocycles. The molecule has 0 aliphatic heterocycles. The van der Waals surface area contributed by atoms with Gasteiger partial charge in [0.15, 0.2) is 5.82 Å². The maximum Gasteiger partial charge on any atom is 0.215 e. The van der Waals surface area contributed by atoms with E-state index >= 15 is 0 Å². The van der Waals surface area contributed by atoms with Crippen molar-refractivity contribution in [2.24, 2.45) is 5.73 Å². The molecule has 3 rings (SSSR count). The van der Waals surface area contributed by atoms with E-state index in [1.165, 1.54) is 32.3 Å². The molecule has 0 unspecified atom stereocenters. The molecule has 0 fully saturated rings. The number of nitrogens with zero attached hydrogens (tertiary/aromatic N) is 4. The summed E-state index contributed by atoms with van der Waals surface area (Å²) < 4.78 is 9.90. The van der Waals surface area contributed by atoms with Crippen LogP contribution >= 0.6 is 35.0 Å². The van der Waals surface area contributed by atoms with Crippen molar-refractivity contribution in [1.29, 1.82) is 5.41 Å². The molecule has 0 aliphatic carbocycles. The fourth-order valence-corrected chi connectivity index (χ4v) is 2.64. The van der Waals surface area contributed by atoms with E-state index in [9.17, 15) is 0 Å². The Morgan fingerprint density at radius 1 is 1.16 bits per heavy atom. The number of thioether (sulfide) groups is 1. The van der Waals surface area contributed by atoms with Gasteiger partial charge in [-0.3, -0.25) is 10.5 Å². The van der Waals surface area contributed by atoms with Crippen LogP contribution in [0.3, 0.4) is 0 Å². The maximum absolute atomic E-state index is 9.05. The van der Waals surface area contributed by atoms with Crippen molar-refractivity contribution in [2.75, 3.05) is 27.0 Å². The lowest BCUT2D eigenvalue weighted by Crippen LogP contribution is -1.97. The summed E-state index contributed by atoms with van der Waals surface area (Å²) in [6, 6.07) is 6.74. The molecule has 10 nitrogen and oxygen atoms in total. The molecular formula is C18H21Cl2N7O3S. The van der Waals surface area contributed by atoms with Crippen molar-refractivity contribution >= 4 is 46.3 Å².